The summed E-state index contributed by atoms with van der Waals surface area (Å²) in [5, 5.41) is 11.6. The van der Waals surface area contributed by atoms with Gasteiger partial charge in [0.2, 0.25) is 0 Å². The molecule has 0 bridgehead atoms. The standard InChI is InChI=1S/C18H15F6N3O3/c19-17(20,21)11-4-6-13(7-5-11)26-15(30-9-14(28)27(26)16(25)29)10-2-1-3-12(8-10)18(22,23)24/h1-8,14-15,28H,9H2,(H2,25,29). The number of carbonyl (C=O) groups is 1. The molecule has 1 heterocycles. The number of aliphatic hydroxyl groups is 1. The van der Waals surface area contributed by atoms with Crippen molar-refractivity contribution in [2.45, 2.75) is 24.8 Å². The van der Waals surface area contributed by atoms with Crippen LogP contribution in [0.1, 0.15) is 22.9 Å². The van der Waals surface area contributed by atoms with Crippen LogP contribution in [0.3, 0.4) is 0 Å². The van der Waals surface area contributed by atoms with Crippen molar-refractivity contribution in [3.05, 3.63) is 65.2 Å². The number of nitrogens with zero attached hydrogens (tertiary/aromatic N) is 2. The summed E-state index contributed by atoms with van der Waals surface area (Å²) >= 11 is 0. The Morgan fingerprint density at radius 2 is 1.60 bits per heavy atom. The Balaban J connectivity index is 2.08. The first-order valence-electron chi connectivity index (χ1n) is 8.41. The molecule has 1 fully saturated rings. The highest BCUT2D eigenvalue weighted by Crippen LogP contribution is 2.38. The zero-order chi connectivity index (χ0) is 22.3. The molecule has 12 heteroatoms. The number of hydrazine groups is 1. The maximum Gasteiger partial charge on any atom is 0.416 e. The molecule has 1 aliphatic heterocycles. The molecule has 162 valence electrons. The van der Waals surface area contributed by atoms with E-state index in [1.165, 1.54) is 6.07 Å². The summed E-state index contributed by atoms with van der Waals surface area (Å²) < 4.78 is 83.3. The highest BCUT2D eigenvalue weighted by molar-refractivity contribution is 5.75. The van der Waals surface area contributed by atoms with Gasteiger partial charge >= 0.3 is 18.4 Å². The van der Waals surface area contributed by atoms with Gasteiger partial charge in [-0.3, -0.25) is 0 Å². The molecule has 30 heavy (non-hydrogen) atoms. The summed E-state index contributed by atoms with van der Waals surface area (Å²) in [6.45, 7) is -0.485. The Morgan fingerprint density at radius 3 is 2.13 bits per heavy atom. The van der Waals surface area contributed by atoms with Crippen molar-refractivity contribution in [2.75, 3.05) is 11.6 Å². The number of rotatable bonds is 2. The number of ether oxygens (including phenoxy) is 1. The topological polar surface area (TPSA) is 79.0 Å². The molecule has 2 atom stereocenters. The number of anilines is 1. The van der Waals surface area contributed by atoms with E-state index in [0.29, 0.717) is 5.01 Å². The first-order chi connectivity index (χ1) is 13.9. The van der Waals surface area contributed by atoms with Gasteiger partial charge in [0.25, 0.3) is 0 Å². The van der Waals surface area contributed by atoms with Crippen molar-refractivity contribution >= 4 is 11.7 Å². The molecule has 0 aliphatic carbocycles. The zero-order valence-corrected chi connectivity index (χ0v) is 15.0. The van der Waals surface area contributed by atoms with E-state index in [4.69, 9.17) is 10.5 Å². The van der Waals surface area contributed by atoms with Gasteiger partial charge in [-0.05, 0) is 36.4 Å². The molecule has 2 aromatic carbocycles. The molecule has 1 saturated heterocycles. The normalized spacial score (nSPS) is 20.4. The van der Waals surface area contributed by atoms with Gasteiger partial charge in [0.1, 0.15) is 0 Å². The molecular weight excluding hydrogens is 420 g/mol. The van der Waals surface area contributed by atoms with Crippen molar-refractivity contribution in [2.24, 2.45) is 5.73 Å². The summed E-state index contributed by atoms with van der Waals surface area (Å²) in [7, 11) is 0. The number of amides is 2. The Bertz CT molecular complexity index is 917. The van der Waals surface area contributed by atoms with E-state index in [1.54, 1.807) is 0 Å². The van der Waals surface area contributed by atoms with E-state index in [0.717, 1.165) is 47.5 Å². The van der Waals surface area contributed by atoms with Gasteiger partial charge in [-0.25, -0.2) is 14.8 Å². The van der Waals surface area contributed by atoms with Crippen molar-refractivity contribution in [1.82, 2.24) is 5.01 Å². The third-order valence-electron chi connectivity index (χ3n) is 4.32. The average Bonchev–Trinajstić information content (AvgIpc) is 2.66. The largest absolute Gasteiger partial charge is 0.416 e. The van der Waals surface area contributed by atoms with Crippen LogP contribution < -0.4 is 10.7 Å². The second-order valence-electron chi connectivity index (χ2n) is 6.36. The Labute approximate surface area is 166 Å². The molecule has 0 aromatic heterocycles. The van der Waals surface area contributed by atoms with E-state index < -0.39 is 48.6 Å². The monoisotopic (exact) mass is 435 g/mol. The van der Waals surface area contributed by atoms with Crippen molar-refractivity contribution in [3.8, 4) is 0 Å². The van der Waals surface area contributed by atoms with Gasteiger partial charge in [0, 0.05) is 5.56 Å². The second-order valence-corrected chi connectivity index (χ2v) is 6.36. The number of benzene rings is 2. The van der Waals surface area contributed by atoms with E-state index in [-0.39, 0.29) is 11.3 Å². The lowest BCUT2D eigenvalue weighted by molar-refractivity contribution is -0.139. The van der Waals surface area contributed by atoms with Gasteiger partial charge < -0.3 is 15.6 Å². The van der Waals surface area contributed by atoms with Gasteiger partial charge in [-0.15, -0.1) is 0 Å². The molecule has 0 saturated carbocycles. The fourth-order valence-corrected chi connectivity index (χ4v) is 3.00. The fourth-order valence-electron chi connectivity index (χ4n) is 3.00. The summed E-state index contributed by atoms with van der Waals surface area (Å²) in [5.74, 6) is 0. The number of urea groups is 1. The number of alkyl halides is 6. The predicted octanol–water partition coefficient (Wildman–Crippen LogP) is 3.87. The Kier molecular flexibility index (Phi) is 5.56. The van der Waals surface area contributed by atoms with Crippen LogP contribution in [-0.2, 0) is 17.1 Å². The lowest BCUT2D eigenvalue weighted by Gasteiger charge is -2.46. The summed E-state index contributed by atoms with van der Waals surface area (Å²) in [5.41, 5.74) is 3.20. The minimum atomic E-state index is -4.66. The fraction of sp³-hybridized carbons (Fsp3) is 0.278. The molecule has 3 N–H and O–H groups in total. The van der Waals surface area contributed by atoms with Crippen molar-refractivity contribution < 1.29 is 41.0 Å². The first-order valence-corrected chi connectivity index (χ1v) is 8.41. The minimum absolute atomic E-state index is 0.0529. The third kappa shape index (κ3) is 4.28. The maximum atomic E-state index is 13.1. The molecule has 2 aromatic rings. The summed E-state index contributed by atoms with van der Waals surface area (Å²) in [6.07, 6.45) is -12.3. The van der Waals surface area contributed by atoms with Crippen molar-refractivity contribution in [3.63, 3.8) is 0 Å². The minimum Gasteiger partial charge on any atom is -0.369 e. The smallest absolute Gasteiger partial charge is 0.369 e. The van der Waals surface area contributed by atoms with Gasteiger partial charge in [-0.1, -0.05) is 12.1 Å². The third-order valence-corrected chi connectivity index (χ3v) is 4.32. The molecule has 2 unspecified atom stereocenters. The van der Waals surface area contributed by atoms with Crippen LogP contribution in [0.25, 0.3) is 0 Å². The van der Waals surface area contributed by atoms with Crippen LogP contribution in [0.2, 0.25) is 0 Å². The van der Waals surface area contributed by atoms with Gasteiger partial charge in [-0.2, -0.15) is 26.3 Å². The Morgan fingerprint density at radius 1 is 1.00 bits per heavy atom. The lowest BCUT2D eigenvalue weighted by Crippen LogP contribution is -2.61. The molecule has 0 radical (unpaired) electrons. The number of carbonyl (C=O) groups excluding carboxylic acids is 1. The molecule has 3 rings (SSSR count). The zero-order valence-electron chi connectivity index (χ0n) is 15.0. The van der Waals surface area contributed by atoms with Crippen LogP contribution in [0.4, 0.5) is 36.8 Å². The van der Waals surface area contributed by atoms with E-state index in [9.17, 15) is 36.2 Å². The SMILES string of the molecule is NC(=O)N1C(O)COC(c2cccc(C(F)(F)F)c2)N1c1ccc(C(F)(F)F)cc1. The van der Waals surface area contributed by atoms with E-state index in [2.05, 4.69) is 0 Å². The predicted molar refractivity (Wildman–Crippen MR) is 91.5 cm³/mol. The quantitative estimate of drug-likeness (QED) is 0.702. The number of primary amides is 1. The van der Waals surface area contributed by atoms with Crippen LogP contribution in [0.5, 0.6) is 0 Å². The Hall–Kier alpha value is -2.99. The summed E-state index contributed by atoms with van der Waals surface area (Å²) in [6, 6.07) is 6.25. The number of hydrogen-bond acceptors (Lipinski definition) is 4. The second kappa shape index (κ2) is 7.69. The molecule has 6 nitrogen and oxygen atoms in total. The lowest BCUT2D eigenvalue weighted by atomic mass is 10.1. The van der Waals surface area contributed by atoms with Crippen LogP contribution in [-0.4, -0.2) is 29.0 Å². The summed E-state index contributed by atoms with van der Waals surface area (Å²) in [4.78, 5) is 11.9. The van der Waals surface area contributed by atoms with Crippen LogP contribution >= 0.6 is 0 Å². The number of nitrogens with two attached hydrogens (primary N) is 1. The van der Waals surface area contributed by atoms with E-state index in [1.807, 2.05) is 0 Å². The highest BCUT2D eigenvalue weighted by Gasteiger charge is 2.40. The molecule has 0 spiro atoms. The van der Waals surface area contributed by atoms with Crippen LogP contribution in [0.15, 0.2) is 48.5 Å². The number of aliphatic hydroxyl groups excluding tert-OH is 1. The average molecular weight is 435 g/mol. The molecule has 2 amide bonds. The van der Waals surface area contributed by atoms with Gasteiger partial charge in [0.15, 0.2) is 12.5 Å². The number of hydrogen-bond donors (Lipinski definition) is 2. The highest BCUT2D eigenvalue weighted by atomic mass is 19.4. The first kappa shape index (κ1) is 21.7. The molecule has 1 aliphatic rings. The van der Waals surface area contributed by atoms with Crippen molar-refractivity contribution in [1.29, 1.82) is 0 Å². The number of halogens is 6. The van der Waals surface area contributed by atoms with E-state index >= 15 is 0 Å². The van der Waals surface area contributed by atoms with Crippen LogP contribution in [0, 0.1) is 0 Å². The molecular formula is C18H15F6N3O3. The maximum absolute atomic E-state index is 13.1. The van der Waals surface area contributed by atoms with Gasteiger partial charge in [0.05, 0.1) is 23.4 Å².